The lowest BCUT2D eigenvalue weighted by Gasteiger charge is -2.37. The first kappa shape index (κ1) is 18.1. The van der Waals surface area contributed by atoms with Gasteiger partial charge in [0.05, 0.1) is 7.11 Å². The normalized spacial score (nSPS) is 25.0. The van der Waals surface area contributed by atoms with Crippen LogP contribution in [0.4, 0.5) is 4.39 Å². The second-order valence-corrected chi connectivity index (χ2v) is 7.19. The lowest BCUT2D eigenvalue weighted by atomic mass is 9.85. The van der Waals surface area contributed by atoms with Crippen molar-refractivity contribution in [1.29, 1.82) is 0 Å². The van der Waals surface area contributed by atoms with Crippen molar-refractivity contribution in [3.8, 4) is 5.75 Å². The molecule has 1 saturated heterocycles. The van der Waals surface area contributed by atoms with Crippen molar-refractivity contribution in [3.63, 3.8) is 0 Å². The fraction of sp³-hybridized carbons (Fsp3) is 0.632. The fourth-order valence-electron chi connectivity index (χ4n) is 3.90. The number of halogens is 1. The number of rotatable bonds is 4. The largest absolute Gasteiger partial charge is 0.494 e. The van der Waals surface area contributed by atoms with Crippen molar-refractivity contribution in [3.05, 3.63) is 29.6 Å². The third-order valence-corrected chi connectivity index (χ3v) is 5.37. The monoisotopic (exact) mass is 349 g/mol. The summed E-state index contributed by atoms with van der Waals surface area (Å²) in [7, 11) is 1.47. The highest BCUT2D eigenvalue weighted by Gasteiger charge is 2.30. The number of methoxy groups -OCH3 is 1. The van der Waals surface area contributed by atoms with Crippen LogP contribution in [0.15, 0.2) is 18.2 Å². The lowest BCUT2D eigenvalue weighted by Crippen LogP contribution is -2.50. The Kier molecular flexibility index (Phi) is 5.91. The van der Waals surface area contributed by atoms with E-state index in [0.717, 1.165) is 57.4 Å². The van der Waals surface area contributed by atoms with Gasteiger partial charge >= 0.3 is 0 Å². The first-order chi connectivity index (χ1) is 12.1. The van der Waals surface area contributed by atoms with E-state index in [0.29, 0.717) is 6.54 Å². The number of piperazine rings is 1. The zero-order valence-corrected chi connectivity index (χ0v) is 14.9. The quantitative estimate of drug-likeness (QED) is 0.903. The topological polar surface area (TPSA) is 58.8 Å². The molecule has 1 aromatic rings. The first-order valence-corrected chi connectivity index (χ1v) is 9.16. The average molecular weight is 349 g/mol. The van der Waals surface area contributed by atoms with Gasteiger partial charge < -0.3 is 15.4 Å². The maximum atomic E-state index is 13.8. The maximum Gasteiger partial charge on any atom is 0.225 e. The van der Waals surface area contributed by atoms with Crippen molar-refractivity contribution in [2.45, 2.75) is 38.3 Å². The van der Waals surface area contributed by atoms with Crippen LogP contribution in [0.1, 0.15) is 31.2 Å². The number of carbonyl (C=O) groups is 1. The van der Waals surface area contributed by atoms with Crippen LogP contribution in [0, 0.1) is 11.7 Å². The van der Waals surface area contributed by atoms with Gasteiger partial charge in [-0.2, -0.15) is 0 Å². The van der Waals surface area contributed by atoms with Gasteiger partial charge in [0.2, 0.25) is 5.91 Å². The molecule has 2 N–H and O–H groups in total. The maximum absolute atomic E-state index is 13.8. The zero-order chi connectivity index (χ0) is 17.8. The van der Waals surface area contributed by atoms with E-state index in [1.807, 2.05) is 11.0 Å². The smallest absolute Gasteiger partial charge is 0.225 e. The summed E-state index contributed by atoms with van der Waals surface area (Å²) in [5.74, 6) is 0.309. The van der Waals surface area contributed by atoms with Crippen LogP contribution >= 0.6 is 0 Å². The highest BCUT2D eigenvalue weighted by molar-refractivity contribution is 5.79. The number of ether oxygens (including phenoxy) is 1. The molecule has 1 aliphatic carbocycles. The summed E-state index contributed by atoms with van der Waals surface area (Å²) in [6.45, 7) is 3.81. The van der Waals surface area contributed by atoms with Gasteiger partial charge in [-0.05, 0) is 37.0 Å². The molecule has 2 fully saturated rings. The Balaban J connectivity index is 1.50. The van der Waals surface area contributed by atoms with E-state index >= 15 is 0 Å². The van der Waals surface area contributed by atoms with Gasteiger partial charge in [0.15, 0.2) is 11.6 Å². The third kappa shape index (κ3) is 4.50. The van der Waals surface area contributed by atoms with Crippen molar-refractivity contribution < 1.29 is 13.9 Å². The summed E-state index contributed by atoms with van der Waals surface area (Å²) in [6.07, 6.45) is 3.89. The molecule has 2 atom stereocenters. The van der Waals surface area contributed by atoms with Crippen LogP contribution in [0.3, 0.4) is 0 Å². The summed E-state index contributed by atoms with van der Waals surface area (Å²) in [5, 5.41) is 0. The van der Waals surface area contributed by atoms with E-state index in [4.69, 9.17) is 10.5 Å². The van der Waals surface area contributed by atoms with Gasteiger partial charge in [-0.25, -0.2) is 4.39 Å². The number of amides is 1. The van der Waals surface area contributed by atoms with Gasteiger partial charge in [0.25, 0.3) is 0 Å². The van der Waals surface area contributed by atoms with Crippen LogP contribution in [0.25, 0.3) is 0 Å². The van der Waals surface area contributed by atoms with Crippen molar-refractivity contribution >= 4 is 5.91 Å². The summed E-state index contributed by atoms with van der Waals surface area (Å²) in [4.78, 5) is 16.9. The molecule has 25 heavy (non-hydrogen) atoms. The Morgan fingerprint density at radius 1 is 1.28 bits per heavy atom. The van der Waals surface area contributed by atoms with E-state index in [1.54, 1.807) is 6.07 Å². The fourth-order valence-corrected chi connectivity index (χ4v) is 3.90. The molecule has 2 aliphatic rings. The molecule has 0 aromatic heterocycles. The van der Waals surface area contributed by atoms with Crippen LogP contribution in [0.2, 0.25) is 0 Å². The molecule has 1 heterocycles. The van der Waals surface area contributed by atoms with Crippen molar-refractivity contribution in [1.82, 2.24) is 9.80 Å². The summed E-state index contributed by atoms with van der Waals surface area (Å²) >= 11 is 0. The third-order valence-electron chi connectivity index (χ3n) is 5.37. The highest BCUT2D eigenvalue weighted by atomic mass is 19.1. The Morgan fingerprint density at radius 3 is 2.68 bits per heavy atom. The molecule has 0 bridgehead atoms. The van der Waals surface area contributed by atoms with Crippen LogP contribution in [0.5, 0.6) is 5.75 Å². The van der Waals surface area contributed by atoms with Crippen LogP contribution in [-0.4, -0.2) is 55.0 Å². The van der Waals surface area contributed by atoms with Gasteiger partial charge in [-0.1, -0.05) is 12.5 Å². The lowest BCUT2D eigenvalue weighted by molar-refractivity contribution is -0.138. The minimum atomic E-state index is -0.331. The molecule has 1 amide bonds. The zero-order valence-electron chi connectivity index (χ0n) is 14.9. The molecule has 3 rings (SSSR count). The first-order valence-electron chi connectivity index (χ1n) is 9.16. The van der Waals surface area contributed by atoms with Gasteiger partial charge in [-0.15, -0.1) is 0 Å². The minimum Gasteiger partial charge on any atom is -0.494 e. The summed E-state index contributed by atoms with van der Waals surface area (Å²) < 4.78 is 18.8. The highest BCUT2D eigenvalue weighted by Crippen LogP contribution is 2.25. The van der Waals surface area contributed by atoms with E-state index in [1.165, 1.54) is 13.2 Å². The van der Waals surface area contributed by atoms with Crippen LogP contribution < -0.4 is 10.5 Å². The number of benzene rings is 1. The molecule has 1 saturated carbocycles. The molecule has 1 aliphatic heterocycles. The van der Waals surface area contributed by atoms with E-state index in [2.05, 4.69) is 4.90 Å². The standard InChI is InChI=1S/C19H28FN3O2/c1-25-18-6-5-14(11-17(18)20)13-22-7-9-23(10-8-22)19(24)15-3-2-4-16(21)12-15/h5-6,11,15-16H,2-4,7-10,12-13,21H2,1H3. The van der Waals surface area contributed by atoms with Gasteiger partial charge in [0.1, 0.15) is 0 Å². The Hall–Kier alpha value is -1.66. The van der Waals surface area contributed by atoms with E-state index in [-0.39, 0.29) is 29.4 Å². The second-order valence-electron chi connectivity index (χ2n) is 7.19. The average Bonchev–Trinajstić information content (AvgIpc) is 2.62. The summed E-state index contributed by atoms with van der Waals surface area (Å²) in [6, 6.07) is 5.26. The molecule has 5 nitrogen and oxygen atoms in total. The number of carbonyl (C=O) groups excluding carboxylic acids is 1. The Bertz CT molecular complexity index is 602. The predicted molar refractivity (Wildman–Crippen MR) is 94.7 cm³/mol. The van der Waals surface area contributed by atoms with Crippen LogP contribution in [-0.2, 0) is 11.3 Å². The number of hydrogen-bond donors (Lipinski definition) is 1. The van der Waals surface area contributed by atoms with E-state index in [9.17, 15) is 9.18 Å². The van der Waals surface area contributed by atoms with E-state index < -0.39 is 0 Å². The molecule has 1 aromatic carbocycles. The molecule has 0 radical (unpaired) electrons. The molecule has 6 heteroatoms. The van der Waals surface area contributed by atoms with Gasteiger partial charge in [-0.3, -0.25) is 9.69 Å². The van der Waals surface area contributed by atoms with Gasteiger partial charge in [0, 0.05) is 44.7 Å². The molecule has 2 unspecified atom stereocenters. The molecular formula is C19H28FN3O2. The second kappa shape index (κ2) is 8.15. The molecular weight excluding hydrogens is 321 g/mol. The minimum absolute atomic E-state index is 0.103. The predicted octanol–water partition coefficient (Wildman–Crippen LogP) is 2.00. The number of nitrogens with zero attached hydrogens (tertiary/aromatic N) is 2. The molecule has 0 spiro atoms. The van der Waals surface area contributed by atoms with Crippen molar-refractivity contribution in [2.75, 3.05) is 33.3 Å². The molecule has 138 valence electrons. The number of hydrogen-bond acceptors (Lipinski definition) is 4. The summed E-state index contributed by atoms with van der Waals surface area (Å²) in [5.41, 5.74) is 6.94. The number of nitrogens with two attached hydrogens (primary N) is 1. The van der Waals surface area contributed by atoms with Crippen molar-refractivity contribution in [2.24, 2.45) is 11.7 Å². The Morgan fingerprint density at radius 2 is 2.04 bits per heavy atom. The Labute approximate surface area is 148 Å². The SMILES string of the molecule is COc1ccc(CN2CCN(C(=O)C3CCCC(N)C3)CC2)cc1F.